The fraction of sp³-hybridized carbons (Fsp3) is 0.118. The van der Waals surface area contributed by atoms with Crippen LogP contribution in [0.4, 0.5) is 5.95 Å². The minimum Gasteiger partial charge on any atom is -0.496 e. The van der Waals surface area contributed by atoms with Gasteiger partial charge in [0.2, 0.25) is 11.9 Å². The van der Waals surface area contributed by atoms with E-state index in [1.165, 1.54) is 22.2 Å². The summed E-state index contributed by atoms with van der Waals surface area (Å²) in [7, 11) is 1.56. The molecule has 0 unspecified atom stereocenters. The van der Waals surface area contributed by atoms with Crippen LogP contribution in [0.1, 0.15) is 0 Å². The van der Waals surface area contributed by atoms with Crippen LogP contribution in [0.15, 0.2) is 46.8 Å². The van der Waals surface area contributed by atoms with Crippen molar-refractivity contribution in [2.45, 2.75) is 6.54 Å². The normalized spacial score (nSPS) is 10.9. The molecule has 136 valence electrons. The summed E-state index contributed by atoms with van der Waals surface area (Å²) in [6.07, 6.45) is 1.36. The number of nitrogens with zero attached hydrogens (tertiary/aromatic N) is 4. The maximum atomic E-state index is 12.3. The molecule has 4 rings (SSSR count). The number of hydrogen-bond acceptors (Lipinski definition) is 7. The molecule has 2 N–H and O–H groups in total. The van der Waals surface area contributed by atoms with E-state index in [4.69, 9.17) is 4.74 Å². The highest BCUT2D eigenvalue weighted by Gasteiger charge is 2.13. The maximum absolute atomic E-state index is 12.3. The summed E-state index contributed by atoms with van der Waals surface area (Å²) >= 11 is 1.38. The molecule has 0 bridgehead atoms. The molecular formula is C17H14N6O3S. The summed E-state index contributed by atoms with van der Waals surface area (Å²) in [4.78, 5) is 33.7. The van der Waals surface area contributed by atoms with E-state index in [-0.39, 0.29) is 18.1 Å². The second kappa shape index (κ2) is 7.00. The highest BCUT2D eigenvalue weighted by molar-refractivity contribution is 7.16. The quantitative estimate of drug-likeness (QED) is 0.545. The lowest BCUT2D eigenvalue weighted by Crippen LogP contribution is -2.27. The van der Waals surface area contributed by atoms with Gasteiger partial charge in [-0.15, -0.1) is 16.4 Å². The standard InChI is InChI=1S/C17H14N6O3S/c1-26-12-5-3-2-4-10(12)14-20-17(22-21-14)19-13(24)8-23-9-18-15-11(16(23)25)6-7-27-15/h2-7,9H,8H2,1H3,(H2,19,20,21,22,24). The first-order valence-electron chi connectivity index (χ1n) is 7.94. The molecule has 0 atom stereocenters. The summed E-state index contributed by atoms with van der Waals surface area (Å²) in [5.41, 5.74) is 0.456. The Balaban J connectivity index is 1.51. The number of nitrogens with one attached hydrogen (secondary N) is 2. The number of carbonyl (C=O) groups is 1. The van der Waals surface area contributed by atoms with Crippen molar-refractivity contribution in [1.29, 1.82) is 0 Å². The van der Waals surface area contributed by atoms with Crippen LogP contribution >= 0.6 is 11.3 Å². The van der Waals surface area contributed by atoms with Crippen molar-refractivity contribution in [1.82, 2.24) is 24.7 Å². The van der Waals surface area contributed by atoms with Gasteiger partial charge in [-0.2, -0.15) is 4.98 Å². The lowest BCUT2D eigenvalue weighted by atomic mass is 10.2. The minimum absolute atomic E-state index is 0.110. The molecule has 4 aromatic rings. The van der Waals surface area contributed by atoms with Gasteiger partial charge < -0.3 is 4.74 Å². The third-order valence-corrected chi connectivity index (χ3v) is 4.68. The second-order valence-corrected chi connectivity index (χ2v) is 6.47. The molecule has 1 amide bonds. The molecule has 0 saturated carbocycles. The number of amides is 1. The van der Waals surface area contributed by atoms with Crippen molar-refractivity contribution in [2.24, 2.45) is 0 Å². The Morgan fingerprint density at radius 3 is 3.04 bits per heavy atom. The van der Waals surface area contributed by atoms with Gasteiger partial charge in [0.15, 0.2) is 5.82 Å². The largest absolute Gasteiger partial charge is 0.496 e. The van der Waals surface area contributed by atoms with Gasteiger partial charge in [0.05, 0.1) is 24.4 Å². The number of fused-ring (bicyclic) bond motifs is 1. The van der Waals surface area contributed by atoms with Crippen LogP contribution in [-0.4, -0.2) is 37.7 Å². The zero-order chi connectivity index (χ0) is 18.8. The van der Waals surface area contributed by atoms with Gasteiger partial charge in [-0.3, -0.25) is 24.6 Å². The molecule has 1 aromatic carbocycles. The number of thiophene rings is 1. The van der Waals surface area contributed by atoms with E-state index in [0.29, 0.717) is 21.8 Å². The van der Waals surface area contributed by atoms with Crippen LogP contribution in [0.5, 0.6) is 5.75 Å². The zero-order valence-corrected chi connectivity index (χ0v) is 15.0. The van der Waals surface area contributed by atoms with E-state index in [1.54, 1.807) is 24.6 Å². The van der Waals surface area contributed by atoms with Crippen LogP contribution in [0.25, 0.3) is 21.6 Å². The molecule has 0 aliphatic heterocycles. The van der Waals surface area contributed by atoms with Crippen molar-refractivity contribution in [3.8, 4) is 17.1 Å². The number of rotatable bonds is 5. The van der Waals surface area contributed by atoms with Crippen LogP contribution in [-0.2, 0) is 11.3 Å². The number of carbonyl (C=O) groups excluding carboxylic acids is 1. The maximum Gasteiger partial charge on any atom is 0.262 e. The molecule has 9 nitrogen and oxygen atoms in total. The number of para-hydroxylation sites is 1. The first kappa shape index (κ1) is 16.9. The number of methoxy groups -OCH3 is 1. The lowest BCUT2D eigenvalue weighted by Gasteiger charge is -2.05. The molecule has 0 fully saturated rings. The molecular weight excluding hydrogens is 368 g/mol. The SMILES string of the molecule is COc1ccccc1-c1nc(NC(=O)Cn2cnc3sccc3c2=O)n[nH]1. The molecule has 10 heteroatoms. The molecule has 0 aliphatic rings. The van der Waals surface area contributed by atoms with Crippen molar-refractivity contribution in [2.75, 3.05) is 12.4 Å². The molecule has 27 heavy (non-hydrogen) atoms. The highest BCUT2D eigenvalue weighted by atomic mass is 32.1. The Kier molecular flexibility index (Phi) is 4.38. The fourth-order valence-corrected chi connectivity index (χ4v) is 3.33. The molecule has 0 radical (unpaired) electrons. The van der Waals surface area contributed by atoms with Gasteiger partial charge in [0.1, 0.15) is 17.1 Å². The van der Waals surface area contributed by atoms with E-state index in [1.807, 2.05) is 18.2 Å². The predicted octanol–water partition coefficient (Wildman–Crippen LogP) is 1.89. The van der Waals surface area contributed by atoms with Crippen LogP contribution in [0, 0.1) is 0 Å². The van der Waals surface area contributed by atoms with Gasteiger partial charge in [-0.05, 0) is 23.6 Å². The first-order valence-corrected chi connectivity index (χ1v) is 8.82. The van der Waals surface area contributed by atoms with Crippen LogP contribution in [0.2, 0.25) is 0 Å². The van der Waals surface area contributed by atoms with E-state index in [9.17, 15) is 9.59 Å². The van der Waals surface area contributed by atoms with E-state index < -0.39 is 5.91 Å². The Labute approximate surface area is 156 Å². The highest BCUT2D eigenvalue weighted by Crippen LogP contribution is 2.27. The topological polar surface area (TPSA) is 115 Å². The number of benzene rings is 1. The van der Waals surface area contributed by atoms with Gasteiger partial charge in [-0.1, -0.05) is 12.1 Å². The van der Waals surface area contributed by atoms with Gasteiger partial charge in [0, 0.05) is 0 Å². The Hall–Kier alpha value is -3.53. The van der Waals surface area contributed by atoms with E-state index in [2.05, 4.69) is 25.5 Å². The van der Waals surface area contributed by atoms with Gasteiger partial charge >= 0.3 is 0 Å². The third-order valence-electron chi connectivity index (χ3n) is 3.86. The van der Waals surface area contributed by atoms with Crippen molar-refractivity contribution < 1.29 is 9.53 Å². The lowest BCUT2D eigenvalue weighted by molar-refractivity contribution is -0.116. The summed E-state index contributed by atoms with van der Waals surface area (Å²) in [5.74, 6) is 0.770. The number of H-pyrrole nitrogens is 1. The predicted molar refractivity (Wildman–Crippen MR) is 101 cm³/mol. The Morgan fingerprint density at radius 1 is 1.33 bits per heavy atom. The molecule has 0 aliphatic carbocycles. The number of aromatic nitrogens is 5. The van der Waals surface area contributed by atoms with Crippen LogP contribution in [0.3, 0.4) is 0 Å². The van der Waals surface area contributed by atoms with Gasteiger partial charge in [-0.25, -0.2) is 4.98 Å². The zero-order valence-electron chi connectivity index (χ0n) is 14.2. The average molecular weight is 382 g/mol. The number of anilines is 1. The molecule has 0 spiro atoms. The van der Waals surface area contributed by atoms with E-state index >= 15 is 0 Å². The average Bonchev–Trinajstić information content (AvgIpc) is 3.34. The fourth-order valence-electron chi connectivity index (χ4n) is 2.60. The van der Waals surface area contributed by atoms with Crippen LogP contribution < -0.4 is 15.6 Å². The monoisotopic (exact) mass is 382 g/mol. The van der Waals surface area contributed by atoms with Crippen molar-refractivity contribution in [3.05, 3.63) is 52.4 Å². The van der Waals surface area contributed by atoms with Gasteiger partial charge in [0.25, 0.3) is 5.56 Å². The van der Waals surface area contributed by atoms with E-state index in [0.717, 1.165) is 5.56 Å². The van der Waals surface area contributed by atoms with Crippen molar-refractivity contribution in [3.63, 3.8) is 0 Å². The minimum atomic E-state index is -0.431. The second-order valence-electron chi connectivity index (χ2n) is 5.57. The Bertz CT molecular complexity index is 1180. The third kappa shape index (κ3) is 3.29. The summed E-state index contributed by atoms with van der Waals surface area (Å²) < 4.78 is 6.54. The summed E-state index contributed by atoms with van der Waals surface area (Å²) in [5, 5.41) is 11.6. The molecule has 0 saturated heterocycles. The summed E-state index contributed by atoms with van der Waals surface area (Å²) in [6.45, 7) is -0.184. The number of aromatic amines is 1. The smallest absolute Gasteiger partial charge is 0.262 e. The first-order chi connectivity index (χ1) is 13.2. The summed E-state index contributed by atoms with van der Waals surface area (Å²) in [6, 6.07) is 9.01. The number of hydrogen-bond donors (Lipinski definition) is 2. The van der Waals surface area contributed by atoms with Crippen molar-refractivity contribution >= 4 is 33.4 Å². The molecule has 3 heterocycles. The molecule has 3 aromatic heterocycles. The Morgan fingerprint density at radius 2 is 2.19 bits per heavy atom. The number of ether oxygens (including phenoxy) is 1.